The predicted octanol–water partition coefficient (Wildman–Crippen LogP) is 4.31. The van der Waals surface area contributed by atoms with Gasteiger partial charge >= 0.3 is 0 Å². The number of thiazole rings is 1. The van der Waals surface area contributed by atoms with E-state index in [0.717, 1.165) is 22.7 Å². The van der Waals surface area contributed by atoms with Crippen LogP contribution in [-0.2, 0) is 6.42 Å². The highest BCUT2D eigenvalue weighted by molar-refractivity contribution is 7.10. The van der Waals surface area contributed by atoms with Crippen molar-refractivity contribution in [3.8, 4) is 11.3 Å². The Morgan fingerprint density at radius 3 is 2.43 bits per heavy atom. The summed E-state index contributed by atoms with van der Waals surface area (Å²) in [6.07, 6.45) is 0.804. The normalized spacial score (nSPS) is 10.5. The lowest BCUT2D eigenvalue weighted by Gasteiger charge is -1.97. The number of hydrogen-bond acceptors (Lipinski definition) is 4. The molecule has 21 heavy (non-hydrogen) atoms. The van der Waals surface area contributed by atoms with Gasteiger partial charge in [-0.1, -0.05) is 30.3 Å². The zero-order valence-electron chi connectivity index (χ0n) is 11.1. The number of benzene rings is 2. The monoisotopic (exact) mass is 296 g/mol. The van der Waals surface area contributed by atoms with Gasteiger partial charge in [-0.05, 0) is 17.7 Å². The summed E-state index contributed by atoms with van der Waals surface area (Å²) in [5.74, 6) is 0. The molecule has 0 atom stereocenters. The van der Waals surface area contributed by atoms with Crippen LogP contribution in [0.15, 0.2) is 60.0 Å². The summed E-state index contributed by atoms with van der Waals surface area (Å²) >= 11 is 1.60. The molecule has 1 aromatic heterocycles. The van der Waals surface area contributed by atoms with Crippen LogP contribution < -0.4 is 0 Å². The number of non-ortho nitro benzene ring substituents is 1. The largest absolute Gasteiger partial charge is 0.269 e. The van der Waals surface area contributed by atoms with Crippen LogP contribution in [0.4, 0.5) is 5.69 Å². The lowest BCUT2D eigenvalue weighted by atomic mass is 10.1. The molecule has 0 saturated carbocycles. The van der Waals surface area contributed by atoms with Gasteiger partial charge in [0.2, 0.25) is 0 Å². The highest BCUT2D eigenvalue weighted by Gasteiger charge is 2.08. The standard InChI is InChI=1S/C16H12N2O2S/c19-18(20)14-8-6-13(7-9-14)15-11-21-16(17-15)10-12-4-2-1-3-5-12/h1-9,11H,10H2. The van der Waals surface area contributed by atoms with Crippen LogP contribution in [-0.4, -0.2) is 9.91 Å². The maximum absolute atomic E-state index is 10.6. The highest BCUT2D eigenvalue weighted by Crippen LogP contribution is 2.25. The van der Waals surface area contributed by atoms with Gasteiger partial charge in [-0.25, -0.2) is 4.98 Å². The summed E-state index contributed by atoms with van der Waals surface area (Å²) < 4.78 is 0. The van der Waals surface area contributed by atoms with Gasteiger partial charge in [0.15, 0.2) is 0 Å². The summed E-state index contributed by atoms with van der Waals surface area (Å²) in [5, 5.41) is 13.7. The third-order valence-electron chi connectivity index (χ3n) is 3.12. The number of hydrogen-bond donors (Lipinski definition) is 0. The number of rotatable bonds is 4. The molecule has 0 saturated heterocycles. The first kappa shape index (κ1) is 13.5. The zero-order valence-corrected chi connectivity index (χ0v) is 11.9. The highest BCUT2D eigenvalue weighted by atomic mass is 32.1. The van der Waals surface area contributed by atoms with Crippen molar-refractivity contribution in [1.29, 1.82) is 0 Å². The van der Waals surface area contributed by atoms with Crippen LogP contribution in [0.5, 0.6) is 0 Å². The first-order chi connectivity index (χ1) is 10.2. The van der Waals surface area contributed by atoms with E-state index in [1.54, 1.807) is 23.5 Å². The number of nitro groups is 1. The second-order valence-electron chi connectivity index (χ2n) is 4.59. The van der Waals surface area contributed by atoms with E-state index in [0.29, 0.717) is 0 Å². The Morgan fingerprint density at radius 2 is 1.76 bits per heavy atom. The molecular weight excluding hydrogens is 284 g/mol. The molecule has 0 N–H and O–H groups in total. The number of nitro benzene ring substituents is 1. The van der Waals surface area contributed by atoms with E-state index in [1.807, 2.05) is 23.6 Å². The third-order valence-corrected chi connectivity index (χ3v) is 3.97. The molecule has 0 bridgehead atoms. The Hall–Kier alpha value is -2.53. The minimum Gasteiger partial charge on any atom is -0.258 e. The topological polar surface area (TPSA) is 56.0 Å². The number of nitrogens with zero attached hydrogens (tertiary/aromatic N) is 2. The molecule has 4 nitrogen and oxygen atoms in total. The SMILES string of the molecule is O=[N+]([O-])c1ccc(-c2csc(Cc3ccccc3)n2)cc1. The molecule has 0 spiro atoms. The van der Waals surface area contributed by atoms with Crippen molar-refractivity contribution in [3.63, 3.8) is 0 Å². The van der Waals surface area contributed by atoms with E-state index in [-0.39, 0.29) is 5.69 Å². The second kappa shape index (κ2) is 5.85. The van der Waals surface area contributed by atoms with Crippen molar-refractivity contribution < 1.29 is 4.92 Å². The van der Waals surface area contributed by atoms with E-state index in [1.165, 1.54) is 17.7 Å². The molecule has 5 heteroatoms. The second-order valence-corrected chi connectivity index (χ2v) is 5.54. The molecule has 0 amide bonds. The van der Waals surface area contributed by atoms with Crippen LogP contribution in [0, 0.1) is 10.1 Å². The summed E-state index contributed by atoms with van der Waals surface area (Å²) in [5.41, 5.74) is 3.08. The Labute approximate surface area is 125 Å². The molecule has 3 aromatic rings. The van der Waals surface area contributed by atoms with E-state index in [4.69, 9.17) is 0 Å². The lowest BCUT2D eigenvalue weighted by Crippen LogP contribution is -1.88. The Balaban J connectivity index is 1.80. The molecule has 0 aliphatic carbocycles. The van der Waals surface area contributed by atoms with Crippen molar-refractivity contribution in [2.45, 2.75) is 6.42 Å². The van der Waals surface area contributed by atoms with Crippen molar-refractivity contribution in [3.05, 3.63) is 80.7 Å². The van der Waals surface area contributed by atoms with Crippen LogP contribution >= 0.6 is 11.3 Å². The van der Waals surface area contributed by atoms with Gasteiger partial charge in [0, 0.05) is 29.5 Å². The minimum atomic E-state index is -0.397. The van der Waals surface area contributed by atoms with Crippen LogP contribution in [0.1, 0.15) is 10.6 Å². The Bertz CT molecular complexity index is 751. The lowest BCUT2D eigenvalue weighted by molar-refractivity contribution is -0.384. The van der Waals surface area contributed by atoms with Gasteiger partial charge in [0.1, 0.15) is 0 Å². The van der Waals surface area contributed by atoms with Gasteiger partial charge in [-0.15, -0.1) is 11.3 Å². The fourth-order valence-corrected chi connectivity index (χ4v) is 2.89. The van der Waals surface area contributed by atoms with Crippen molar-refractivity contribution in [1.82, 2.24) is 4.98 Å². The molecule has 1 heterocycles. The van der Waals surface area contributed by atoms with Crippen LogP contribution in [0.2, 0.25) is 0 Å². The molecule has 0 aliphatic heterocycles. The fourth-order valence-electron chi connectivity index (χ4n) is 2.05. The first-order valence-electron chi connectivity index (χ1n) is 6.45. The molecule has 2 aromatic carbocycles. The smallest absolute Gasteiger partial charge is 0.258 e. The molecule has 0 radical (unpaired) electrons. The molecule has 0 aliphatic rings. The van der Waals surface area contributed by atoms with Gasteiger partial charge < -0.3 is 0 Å². The van der Waals surface area contributed by atoms with Gasteiger partial charge in [-0.3, -0.25) is 10.1 Å². The maximum atomic E-state index is 10.6. The van der Waals surface area contributed by atoms with E-state index < -0.39 is 4.92 Å². The Morgan fingerprint density at radius 1 is 1.05 bits per heavy atom. The van der Waals surface area contributed by atoms with E-state index in [2.05, 4.69) is 17.1 Å². The Kier molecular flexibility index (Phi) is 3.75. The molecule has 0 unspecified atom stereocenters. The van der Waals surface area contributed by atoms with Gasteiger partial charge in [0.05, 0.1) is 15.6 Å². The first-order valence-corrected chi connectivity index (χ1v) is 7.33. The molecule has 3 rings (SSSR count). The molecule has 104 valence electrons. The average Bonchev–Trinajstić information content (AvgIpc) is 2.97. The van der Waals surface area contributed by atoms with Crippen molar-refractivity contribution in [2.24, 2.45) is 0 Å². The number of aromatic nitrogens is 1. The van der Waals surface area contributed by atoms with E-state index in [9.17, 15) is 10.1 Å². The molecular formula is C16H12N2O2S. The average molecular weight is 296 g/mol. The summed E-state index contributed by atoms with van der Waals surface area (Å²) in [4.78, 5) is 14.8. The van der Waals surface area contributed by atoms with Gasteiger partial charge in [-0.2, -0.15) is 0 Å². The quantitative estimate of drug-likeness (QED) is 0.532. The van der Waals surface area contributed by atoms with E-state index >= 15 is 0 Å². The third kappa shape index (κ3) is 3.14. The van der Waals surface area contributed by atoms with Gasteiger partial charge in [0.25, 0.3) is 5.69 Å². The maximum Gasteiger partial charge on any atom is 0.269 e. The van der Waals surface area contributed by atoms with Crippen LogP contribution in [0.25, 0.3) is 11.3 Å². The van der Waals surface area contributed by atoms with Crippen molar-refractivity contribution >= 4 is 17.0 Å². The zero-order chi connectivity index (χ0) is 14.7. The predicted molar refractivity (Wildman–Crippen MR) is 83.5 cm³/mol. The minimum absolute atomic E-state index is 0.0958. The summed E-state index contributed by atoms with van der Waals surface area (Å²) in [6, 6.07) is 16.7. The summed E-state index contributed by atoms with van der Waals surface area (Å²) in [7, 11) is 0. The molecule has 0 fully saturated rings. The summed E-state index contributed by atoms with van der Waals surface area (Å²) in [6.45, 7) is 0. The van der Waals surface area contributed by atoms with Crippen molar-refractivity contribution in [2.75, 3.05) is 0 Å². The van der Waals surface area contributed by atoms with Crippen LogP contribution in [0.3, 0.4) is 0 Å². The fraction of sp³-hybridized carbons (Fsp3) is 0.0625.